The molecule has 0 aliphatic heterocycles. The van der Waals surface area contributed by atoms with Crippen LogP contribution >= 0.6 is 0 Å². The molecular formula is C16H24N4O. The van der Waals surface area contributed by atoms with Crippen molar-refractivity contribution in [1.82, 2.24) is 15.2 Å². The number of likely N-dealkylation sites (N-methyl/N-ethyl adjacent to an activating group) is 1. The van der Waals surface area contributed by atoms with Crippen LogP contribution in [0.25, 0.3) is 10.9 Å². The monoisotopic (exact) mass is 288 g/mol. The molecule has 1 heterocycles. The minimum atomic E-state index is -0.517. The summed E-state index contributed by atoms with van der Waals surface area (Å²) in [5.41, 5.74) is 8.17. The van der Waals surface area contributed by atoms with E-state index in [9.17, 15) is 4.79 Å². The zero-order chi connectivity index (χ0) is 15.2. The second-order valence-corrected chi connectivity index (χ2v) is 5.36. The van der Waals surface area contributed by atoms with Gasteiger partial charge in [0.15, 0.2) is 0 Å². The molecule has 0 saturated carbocycles. The van der Waals surface area contributed by atoms with Crippen molar-refractivity contribution in [3.8, 4) is 0 Å². The summed E-state index contributed by atoms with van der Waals surface area (Å²) in [6.07, 6.45) is 2.47. The van der Waals surface area contributed by atoms with Gasteiger partial charge in [0.05, 0.1) is 6.04 Å². The van der Waals surface area contributed by atoms with Gasteiger partial charge in [0.1, 0.15) is 0 Å². The van der Waals surface area contributed by atoms with E-state index in [1.807, 2.05) is 37.5 Å². The number of nitrogens with two attached hydrogens (primary N) is 1. The lowest BCUT2D eigenvalue weighted by molar-refractivity contribution is -0.122. The van der Waals surface area contributed by atoms with Crippen LogP contribution in [-0.2, 0) is 11.2 Å². The molecule has 5 heteroatoms. The molecule has 0 aliphatic carbocycles. The molecule has 1 aromatic carbocycles. The summed E-state index contributed by atoms with van der Waals surface area (Å²) in [5, 5.41) is 4.02. The molecule has 0 aliphatic rings. The number of H-pyrrole nitrogens is 1. The maximum Gasteiger partial charge on any atom is 0.237 e. The Bertz CT molecular complexity index is 593. The van der Waals surface area contributed by atoms with E-state index in [1.165, 1.54) is 0 Å². The number of fused-ring (bicyclic) bond motifs is 1. The maximum absolute atomic E-state index is 12.0. The van der Waals surface area contributed by atoms with Crippen molar-refractivity contribution in [2.75, 3.05) is 26.7 Å². The first-order chi connectivity index (χ1) is 10.1. The number of amides is 1. The second-order valence-electron chi connectivity index (χ2n) is 5.36. The van der Waals surface area contributed by atoms with Crippen molar-refractivity contribution in [1.29, 1.82) is 0 Å². The Morgan fingerprint density at radius 3 is 2.95 bits per heavy atom. The summed E-state index contributed by atoms with van der Waals surface area (Å²) in [6, 6.07) is 7.52. The minimum absolute atomic E-state index is 0.0928. The summed E-state index contributed by atoms with van der Waals surface area (Å²) < 4.78 is 0. The van der Waals surface area contributed by atoms with Gasteiger partial charge in [-0.3, -0.25) is 4.79 Å². The van der Waals surface area contributed by atoms with Crippen LogP contribution in [0.4, 0.5) is 0 Å². The van der Waals surface area contributed by atoms with E-state index in [0.29, 0.717) is 13.0 Å². The molecule has 0 saturated heterocycles. The largest absolute Gasteiger partial charge is 0.361 e. The maximum atomic E-state index is 12.0. The standard InChI is InChI=1S/C16H24N4O/c1-3-20(2)9-8-18-16(21)14(17)10-12-11-19-15-7-5-4-6-13(12)15/h4-7,11,14,19H,3,8-10,17H2,1-2H3,(H,18,21). The number of carbonyl (C=O) groups excluding carboxylic acids is 1. The highest BCUT2D eigenvalue weighted by molar-refractivity contribution is 5.86. The summed E-state index contributed by atoms with van der Waals surface area (Å²) in [5.74, 6) is -0.0928. The molecule has 4 N–H and O–H groups in total. The SMILES string of the molecule is CCN(C)CCNC(=O)C(N)Cc1c[nH]c2ccccc12. The summed E-state index contributed by atoms with van der Waals surface area (Å²) in [4.78, 5) is 17.4. The van der Waals surface area contributed by atoms with Gasteiger partial charge >= 0.3 is 0 Å². The molecule has 2 rings (SSSR count). The highest BCUT2D eigenvalue weighted by Crippen LogP contribution is 2.18. The fourth-order valence-corrected chi connectivity index (χ4v) is 2.29. The molecule has 0 bridgehead atoms. The van der Waals surface area contributed by atoms with Gasteiger partial charge in [-0.1, -0.05) is 25.1 Å². The predicted octanol–water partition coefficient (Wildman–Crippen LogP) is 1.11. The normalized spacial score (nSPS) is 12.8. The molecule has 114 valence electrons. The zero-order valence-electron chi connectivity index (χ0n) is 12.7. The van der Waals surface area contributed by atoms with E-state index < -0.39 is 6.04 Å². The zero-order valence-corrected chi connectivity index (χ0v) is 12.7. The quantitative estimate of drug-likeness (QED) is 0.714. The van der Waals surface area contributed by atoms with Crippen LogP contribution in [0.5, 0.6) is 0 Å². The first kappa shape index (κ1) is 15.5. The summed E-state index contributed by atoms with van der Waals surface area (Å²) in [6.45, 7) is 4.52. The number of aromatic amines is 1. The van der Waals surface area contributed by atoms with Crippen molar-refractivity contribution in [3.05, 3.63) is 36.0 Å². The first-order valence-corrected chi connectivity index (χ1v) is 7.38. The molecule has 0 radical (unpaired) electrons. The van der Waals surface area contributed by atoms with E-state index in [0.717, 1.165) is 29.6 Å². The van der Waals surface area contributed by atoms with E-state index in [1.54, 1.807) is 0 Å². The van der Waals surface area contributed by atoms with E-state index >= 15 is 0 Å². The Hall–Kier alpha value is -1.85. The lowest BCUT2D eigenvalue weighted by Gasteiger charge is -2.16. The Morgan fingerprint density at radius 1 is 1.43 bits per heavy atom. The number of aromatic nitrogens is 1. The molecular weight excluding hydrogens is 264 g/mol. The van der Waals surface area contributed by atoms with Crippen molar-refractivity contribution in [3.63, 3.8) is 0 Å². The van der Waals surface area contributed by atoms with Crippen LogP contribution in [0.1, 0.15) is 12.5 Å². The predicted molar refractivity (Wildman–Crippen MR) is 86.2 cm³/mol. The first-order valence-electron chi connectivity index (χ1n) is 7.38. The van der Waals surface area contributed by atoms with Crippen LogP contribution in [-0.4, -0.2) is 48.5 Å². The molecule has 21 heavy (non-hydrogen) atoms. The lowest BCUT2D eigenvalue weighted by Crippen LogP contribution is -2.44. The molecule has 0 fully saturated rings. The lowest BCUT2D eigenvalue weighted by atomic mass is 10.1. The molecule has 2 aromatic rings. The number of para-hydroxylation sites is 1. The number of benzene rings is 1. The number of hydrogen-bond acceptors (Lipinski definition) is 3. The minimum Gasteiger partial charge on any atom is -0.361 e. The van der Waals surface area contributed by atoms with Crippen molar-refractivity contribution in [2.24, 2.45) is 5.73 Å². The summed E-state index contributed by atoms with van der Waals surface area (Å²) >= 11 is 0. The van der Waals surface area contributed by atoms with E-state index in [-0.39, 0.29) is 5.91 Å². The van der Waals surface area contributed by atoms with Gasteiger partial charge < -0.3 is 20.9 Å². The molecule has 5 nitrogen and oxygen atoms in total. The highest BCUT2D eigenvalue weighted by Gasteiger charge is 2.15. The number of nitrogens with zero attached hydrogens (tertiary/aromatic N) is 1. The van der Waals surface area contributed by atoms with Crippen LogP contribution < -0.4 is 11.1 Å². The fraction of sp³-hybridized carbons (Fsp3) is 0.438. The number of carbonyl (C=O) groups is 1. The van der Waals surface area contributed by atoms with Gasteiger partial charge in [-0.25, -0.2) is 0 Å². The Balaban J connectivity index is 1.88. The van der Waals surface area contributed by atoms with Gasteiger partial charge in [-0.15, -0.1) is 0 Å². The second kappa shape index (κ2) is 7.24. The molecule has 1 amide bonds. The van der Waals surface area contributed by atoms with Crippen LogP contribution in [0, 0.1) is 0 Å². The van der Waals surface area contributed by atoms with Crippen LogP contribution in [0.3, 0.4) is 0 Å². The molecule has 1 unspecified atom stereocenters. The fourth-order valence-electron chi connectivity index (χ4n) is 2.29. The number of rotatable bonds is 7. The third kappa shape index (κ3) is 4.06. The molecule has 1 aromatic heterocycles. The third-order valence-electron chi connectivity index (χ3n) is 3.78. The van der Waals surface area contributed by atoms with Crippen molar-refractivity contribution in [2.45, 2.75) is 19.4 Å². The summed E-state index contributed by atoms with van der Waals surface area (Å²) in [7, 11) is 2.03. The average molecular weight is 288 g/mol. The smallest absolute Gasteiger partial charge is 0.237 e. The van der Waals surface area contributed by atoms with Crippen LogP contribution in [0.15, 0.2) is 30.5 Å². The van der Waals surface area contributed by atoms with Crippen molar-refractivity contribution < 1.29 is 4.79 Å². The molecule has 0 spiro atoms. The van der Waals surface area contributed by atoms with Gasteiger partial charge in [0, 0.05) is 30.2 Å². The highest BCUT2D eigenvalue weighted by atomic mass is 16.2. The van der Waals surface area contributed by atoms with Gasteiger partial charge in [0.2, 0.25) is 5.91 Å². The number of hydrogen-bond donors (Lipinski definition) is 3. The van der Waals surface area contributed by atoms with Crippen LogP contribution in [0.2, 0.25) is 0 Å². The Labute approximate surface area is 125 Å². The van der Waals surface area contributed by atoms with Gasteiger partial charge in [-0.2, -0.15) is 0 Å². The molecule has 1 atom stereocenters. The van der Waals surface area contributed by atoms with Gasteiger partial charge in [-0.05, 0) is 31.6 Å². The topological polar surface area (TPSA) is 74.2 Å². The Morgan fingerprint density at radius 2 is 2.19 bits per heavy atom. The van der Waals surface area contributed by atoms with Crippen molar-refractivity contribution >= 4 is 16.8 Å². The number of nitrogens with one attached hydrogen (secondary N) is 2. The van der Waals surface area contributed by atoms with E-state index in [2.05, 4.69) is 22.1 Å². The Kier molecular flexibility index (Phi) is 5.36. The average Bonchev–Trinajstić information content (AvgIpc) is 2.90. The third-order valence-corrected chi connectivity index (χ3v) is 3.78. The van der Waals surface area contributed by atoms with E-state index in [4.69, 9.17) is 5.73 Å². The van der Waals surface area contributed by atoms with Gasteiger partial charge in [0.25, 0.3) is 0 Å².